The van der Waals surface area contributed by atoms with Gasteiger partial charge in [0.1, 0.15) is 0 Å². The average molecular weight is 383 g/mol. The molecule has 2 aromatic rings. The highest BCUT2D eigenvalue weighted by Gasteiger charge is 2.11. The Labute approximate surface area is 142 Å². The lowest BCUT2D eigenvalue weighted by atomic mass is 10.1. The van der Waals surface area contributed by atoms with Crippen molar-refractivity contribution in [2.45, 2.75) is 19.9 Å². The highest BCUT2D eigenvalue weighted by Crippen LogP contribution is 2.20. The highest BCUT2D eigenvalue weighted by atomic mass is 79.9. The summed E-state index contributed by atoms with van der Waals surface area (Å²) in [5, 5.41) is 5.75. The van der Waals surface area contributed by atoms with Crippen molar-refractivity contribution in [1.29, 1.82) is 0 Å². The molecule has 122 valence electrons. The Bertz CT molecular complexity index is 722. The van der Waals surface area contributed by atoms with Crippen molar-refractivity contribution < 1.29 is 13.6 Å². The summed E-state index contributed by atoms with van der Waals surface area (Å²) in [5.41, 5.74) is 2.35. The third kappa shape index (κ3) is 4.84. The highest BCUT2D eigenvalue weighted by molar-refractivity contribution is 9.10. The van der Waals surface area contributed by atoms with E-state index >= 15 is 0 Å². The first-order chi connectivity index (χ1) is 10.9. The topological polar surface area (TPSA) is 41.1 Å². The minimum absolute atomic E-state index is 0.0612. The van der Waals surface area contributed by atoms with Gasteiger partial charge in [0.15, 0.2) is 11.6 Å². The molecule has 3 nitrogen and oxygen atoms in total. The van der Waals surface area contributed by atoms with Crippen LogP contribution in [-0.2, 0) is 4.79 Å². The molecule has 2 aromatic carbocycles. The van der Waals surface area contributed by atoms with E-state index in [0.29, 0.717) is 11.3 Å². The maximum atomic E-state index is 13.2. The molecule has 0 saturated carbocycles. The third-order valence-corrected chi connectivity index (χ3v) is 4.32. The average Bonchev–Trinajstić information content (AvgIpc) is 2.51. The smallest absolute Gasteiger partial charge is 0.238 e. The second-order valence-electron chi connectivity index (χ2n) is 5.29. The number of rotatable bonds is 5. The van der Waals surface area contributed by atoms with Crippen LogP contribution in [0.5, 0.6) is 0 Å². The lowest BCUT2D eigenvalue weighted by molar-refractivity contribution is -0.115. The minimum Gasteiger partial charge on any atom is -0.325 e. The fraction of sp³-hybridized carbons (Fsp3) is 0.235. The van der Waals surface area contributed by atoms with Crippen molar-refractivity contribution in [2.75, 3.05) is 11.9 Å². The Morgan fingerprint density at radius 1 is 1.17 bits per heavy atom. The van der Waals surface area contributed by atoms with Gasteiger partial charge >= 0.3 is 0 Å². The fourth-order valence-electron chi connectivity index (χ4n) is 2.02. The molecule has 0 unspecified atom stereocenters. The van der Waals surface area contributed by atoms with E-state index in [9.17, 15) is 13.6 Å². The molecule has 0 heterocycles. The molecular formula is C17H17BrF2N2O. The van der Waals surface area contributed by atoms with Crippen molar-refractivity contribution in [3.8, 4) is 0 Å². The Hall–Kier alpha value is -1.79. The van der Waals surface area contributed by atoms with Crippen molar-refractivity contribution >= 4 is 27.5 Å². The Morgan fingerprint density at radius 2 is 1.91 bits per heavy atom. The summed E-state index contributed by atoms with van der Waals surface area (Å²) in [7, 11) is 0. The van der Waals surface area contributed by atoms with Gasteiger partial charge in [-0.3, -0.25) is 4.79 Å². The van der Waals surface area contributed by atoms with Gasteiger partial charge < -0.3 is 10.6 Å². The maximum absolute atomic E-state index is 13.2. The van der Waals surface area contributed by atoms with Crippen LogP contribution in [-0.4, -0.2) is 12.5 Å². The van der Waals surface area contributed by atoms with E-state index in [4.69, 9.17) is 0 Å². The Morgan fingerprint density at radius 3 is 2.57 bits per heavy atom. The van der Waals surface area contributed by atoms with Crippen molar-refractivity contribution in [3.63, 3.8) is 0 Å². The largest absolute Gasteiger partial charge is 0.325 e. The minimum atomic E-state index is -0.898. The molecule has 0 bridgehead atoms. The predicted molar refractivity (Wildman–Crippen MR) is 90.3 cm³/mol. The van der Waals surface area contributed by atoms with E-state index in [1.807, 2.05) is 25.1 Å². The second kappa shape index (κ2) is 7.66. The zero-order valence-electron chi connectivity index (χ0n) is 12.8. The lowest BCUT2D eigenvalue weighted by Crippen LogP contribution is -2.30. The third-order valence-electron chi connectivity index (χ3n) is 3.47. The molecule has 1 amide bonds. The maximum Gasteiger partial charge on any atom is 0.238 e. The molecule has 2 N–H and O–H groups in total. The van der Waals surface area contributed by atoms with Crippen LogP contribution in [0.1, 0.15) is 24.1 Å². The van der Waals surface area contributed by atoms with Gasteiger partial charge in [-0.15, -0.1) is 0 Å². The second-order valence-corrected chi connectivity index (χ2v) is 6.14. The lowest BCUT2D eigenvalue weighted by Gasteiger charge is -2.14. The first kappa shape index (κ1) is 17.6. The van der Waals surface area contributed by atoms with Gasteiger partial charge in [0.25, 0.3) is 0 Å². The molecule has 0 aliphatic carbocycles. The fourth-order valence-corrected chi connectivity index (χ4v) is 2.40. The number of halogens is 3. The van der Waals surface area contributed by atoms with Crippen LogP contribution in [0, 0.1) is 18.6 Å². The van der Waals surface area contributed by atoms with Gasteiger partial charge in [-0.2, -0.15) is 0 Å². The van der Waals surface area contributed by atoms with Crippen LogP contribution in [0.15, 0.2) is 40.9 Å². The van der Waals surface area contributed by atoms with Crippen LogP contribution >= 0.6 is 15.9 Å². The molecule has 0 aromatic heterocycles. The molecule has 0 saturated heterocycles. The molecular weight excluding hydrogens is 366 g/mol. The van der Waals surface area contributed by atoms with E-state index in [1.54, 1.807) is 6.92 Å². The number of aryl methyl sites for hydroxylation is 1. The normalized spacial score (nSPS) is 12.0. The zero-order valence-corrected chi connectivity index (χ0v) is 14.4. The monoisotopic (exact) mass is 382 g/mol. The van der Waals surface area contributed by atoms with Gasteiger partial charge in [0.2, 0.25) is 5.91 Å². The summed E-state index contributed by atoms with van der Waals surface area (Å²) in [6.45, 7) is 3.80. The first-order valence-corrected chi connectivity index (χ1v) is 7.90. The number of hydrogen-bond acceptors (Lipinski definition) is 2. The van der Waals surface area contributed by atoms with Crippen LogP contribution in [0.2, 0.25) is 0 Å². The van der Waals surface area contributed by atoms with Gasteiger partial charge in [0.05, 0.1) is 6.54 Å². The molecule has 1 atom stereocenters. The molecule has 6 heteroatoms. The SMILES string of the molecule is Cc1ccc(NC(=O)CN[C@@H](C)c2ccc(F)c(F)c2)cc1Br. The Kier molecular flexibility index (Phi) is 5.85. The summed E-state index contributed by atoms with van der Waals surface area (Å²) in [4.78, 5) is 11.9. The summed E-state index contributed by atoms with van der Waals surface area (Å²) >= 11 is 3.41. The van der Waals surface area contributed by atoms with E-state index in [-0.39, 0.29) is 18.5 Å². The number of amides is 1. The summed E-state index contributed by atoms with van der Waals surface area (Å²) in [6.07, 6.45) is 0. The van der Waals surface area contributed by atoms with Crippen molar-refractivity contribution in [1.82, 2.24) is 5.32 Å². The van der Waals surface area contributed by atoms with E-state index in [1.165, 1.54) is 6.07 Å². The summed E-state index contributed by atoms with van der Waals surface area (Å²) in [6, 6.07) is 8.96. The summed E-state index contributed by atoms with van der Waals surface area (Å²) in [5.74, 6) is -2.00. The molecule has 0 aliphatic heterocycles. The van der Waals surface area contributed by atoms with E-state index in [0.717, 1.165) is 22.2 Å². The van der Waals surface area contributed by atoms with Gasteiger partial charge in [0, 0.05) is 16.2 Å². The molecule has 0 radical (unpaired) electrons. The van der Waals surface area contributed by atoms with Gasteiger partial charge in [-0.05, 0) is 49.2 Å². The van der Waals surface area contributed by atoms with Crippen LogP contribution in [0.3, 0.4) is 0 Å². The first-order valence-electron chi connectivity index (χ1n) is 7.11. The van der Waals surface area contributed by atoms with Crippen LogP contribution in [0.4, 0.5) is 14.5 Å². The predicted octanol–water partition coefficient (Wildman–Crippen LogP) is 4.33. The zero-order chi connectivity index (χ0) is 17.0. The molecule has 0 fully saturated rings. The molecule has 23 heavy (non-hydrogen) atoms. The molecule has 2 rings (SSSR count). The van der Waals surface area contributed by atoms with Crippen molar-refractivity contribution in [3.05, 3.63) is 63.6 Å². The number of carbonyl (C=O) groups excluding carboxylic acids is 1. The van der Waals surface area contributed by atoms with Crippen molar-refractivity contribution in [2.24, 2.45) is 0 Å². The summed E-state index contributed by atoms with van der Waals surface area (Å²) < 4.78 is 27.0. The molecule has 0 spiro atoms. The quantitative estimate of drug-likeness (QED) is 0.807. The standard InChI is InChI=1S/C17H17BrF2N2O/c1-10-3-5-13(8-14(10)18)22-17(23)9-21-11(2)12-4-6-15(19)16(20)7-12/h3-8,11,21H,9H2,1-2H3,(H,22,23)/t11-/m0/s1. The van der Waals surface area contributed by atoms with Crippen LogP contribution in [0.25, 0.3) is 0 Å². The number of hydrogen-bond donors (Lipinski definition) is 2. The molecule has 0 aliphatic rings. The van der Waals surface area contributed by atoms with Gasteiger partial charge in [-0.1, -0.05) is 28.1 Å². The Balaban J connectivity index is 1.90. The van der Waals surface area contributed by atoms with E-state index < -0.39 is 11.6 Å². The number of carbonyl (C=O) groups is 1. The van der Waals surface area contributed by atoms with Gasteiger partial charge in [-0.25, -0.2) is 8.78 Å². The number of benzene rings is 2. The number of nitrogens with one attached hydrogen (secondary N) is 2. The van der Waals surface area contributed by atoms with E-state index in [2.05, 4.69) is 26.6 Å². The van der Waals surface area contributed by atoms with Crippen LogP contribution < -0.4 is 10.6 Å². The number of anilines is 1.